The van der Waals surface area contributed by atoms with Crippen molar-refractivity contribution in [2.45, 2.75) is 52.4 Å². The number of hydrogen-bond acceptors (Lipinski definition) is 6. The predicted molar refractivity (Wildman–Crippen MR) is 125 cm³/mol. The van der Waals surface area contributed by atoms with Gasteiger partial charge in [-0.05, 0) is 43.7 Å². The Morgan fingerprint density at radius 2 is 1.90 bits per heavy atom. The third-order valence-electron chi connectivity index (χ3n) is 5.22. The Morgan fingerprint density at radius 3 is 2.58 bits per heavy atom. The van der Waals surface area contributed by atoms with Crippen LogP contribution in [0.1, 0.15) is 24.3 Å². The highest BCUT2D eigenvalue weighted by Gasteiger charge is 2.21. The molecule has 0 aliphatic heterocycles. The lowest BCUT2D eigenvalue weighted by molar-refractivity contribution is 0.0515. The smallest absolute Gasteiger partial charge is 0.188 e. The monoisotopic (exact) mass is 443 g/mol. The topological polar surface area (TPSA) is 78.6 Å². The van der Waals surface area contributed by atoms with Gasteiger partial charge in [0, 0.05) is 32.7 Å². The molecule has 3 aromatic rings. The van der Waals surface area contributed by atoms with Crippen LogP contribution >= 0.6 is 0 Å². The summed E-state index contributed by atoms with van der Waals surface area (Å²) in [5.74, 6) is 0.681. The van der Waals surface area contributed by atoms with E-state index in [1.165, 1.54) is 0 Å². The van der Waals surface area contributed by atoms with Crippen molar-refractivity contribution in [1.29, 1.82) is 0 Å². The summed E-state index contributed by atoms with van der Waals surface area (Å²) in [7, 11) is 0.415. The lowest BCUT2D eigenvalue weighted by Crippen LogP contribution is -2.22. The largest absolute Gasteiger partial charge is 0.467 e. The molecule has 2 aromatic heterocycles. The van der Waals surface area contributed by atoms with Crippen molar-refractivity contribution < 1.29 is 19.3 Å². The van der Waals surface area contributed by atoms with Gasteiger partial charge in [0.1, 0.15) is 12.5 Å². The fourth-order valence-corrected chi connectivity index (χ4v) is 4.33. The van der Waals surface area contributed by atoms with Crippen LogP contribution in [0.25, 0.3) is 22.3 Å². The molecule has 1 N–H and O–H groups in total. The number of fused-ring (bicyclic) bond motifs is 1. The van der Waals surface area contributed by atoms with Gasteiger partial charge in [0.15, 0.2) is 12.4 Å². The van der Waals surface area contributed by atoms with Gasteiger partial charge in [0.2, 0.25) is 0 Å². The van der Waals surface area contributed by atoms with Crippen molar-refractivity contribution in [3.05, 3.63) is 41.6 Å². The van der Waals surface area contributed by atoms with Crippen molar-refractivity contribution in [3.63, 3.8) is 0 Å². The van der Waals surface area contributed by atoms with Crippen LogP contribution in [-0.2, 0) is 16.2 Å². The highest BCUT2D eigenvalue weighted by atomic mass is 28.3. The summed E-state index contributed by atoms with van der Waals surface area (Å²) in [6.07, 6.45) is -0.643. The van der Waals surface area contributed by atoms with Gasteiger partial charge >= 0.3 is 0 Å². The normalized spacial score (nSPS) is 13.0. The maximum absolute atomic E-state index is 10.4. The zero-order valence-electron chi connectivity index (χ0n) is 19.3. The van der Waals surface area contributed by atoms with Crippen LogP contribution in [0.5, 0.6) is 5.75 Å². The van der Waals surface area contributed by atoms with E-state index in [9.17, 15) is 5.11 Å². The lowest BCUT2D eigenvalue weighted by atomic mass is 10.1. The minimum atomic E-state index is -1.17. The molecule has 3 rings (SSSR count). The molecule has 0 spiro atoms. The first-order valence-electron chi connectivity index (χ1n) is 10.6. The molecule has 1 atom stereocenters. The highest BCUT2D eigenvalue weighted by Crippen LogP contribution is 2.33. The maximum Gasteiger partial charge on any atom is 0.188 e. The SMILES string of the molecule is COCOc1ccccc1-c1cc2c(C)c(C(C)O)n(COCC[Si](C)(C)C)c2nn1. The van der Waals surface area contributed by atoms with Crippen LogP contribution in [-0.4, -0.2) is 48.5 Å². The molecule has 0 amide bonds. The maximum atomic E-state index is 10.4. The summed E-state index contributed by atoms with van der Waals surface area (Å²) in [5.41, 5.74) is 4.03. The van der Waals surface area contributed by atoms with Gasteiger partial charge in [0.05, 0.1) is 17.5 Å². The van der Waals surface area contributed by atoms with Crippen molar-refractivity contribution in [2.75, 3.05) is 20.5 Å². The van der Waals surface area contributed by atoms with Crippen molar-refractivity contribution in [3.8, 4) is 17.0 Å². The van der Waals surface area contributed by atoms with Gasteiger partial charge in [-0.15, -0.1) is 10.2 Å². The molecule has 0 bridgehead atoms. The second-order valence-electron chi connectivity index (χ2n) is 8.98. The van der Waals surface area contributed by atoms with E-state index < -0.39 is 14.2 Å². The van der Waals surface area contributed by atoms with E-state index >= 15 is 0 Å². The summed E-state index contributed by atoms with van der Waals surface area (Å²) in [4.78, 5) is 0. The number of methoxy groups -OCH3 is 1. The Morgan fingerprint density at radius 1 is 1.16 bits per heavy atom. The van der Waals surface area contributed by atoms with Crippen LogP contribution in [0.4, 0.5) is 0 Å². The summed E-state index contributed by atoms with van der Waals surface area (Å²) in [6.45, 7) is 11.9. The van der Waals surface area contributed by atoms with E-state index in [0.717, 1.165) is 28.3 Å². The lowest BCUT2D eigenvalue weighted by Gasteiger charge is -2.17. The summed E-state index contributed by atoms with van der Waals surface area (Å²) in [6, 6.07) is 10.8. The molecule has 0 saturated carbocycles. The number of rotatable bonds is 10. The second-order valence-corrected chi connectivity index (χ2v) is 14.6. The molecule has 168 valence electrons. The Labute approximate surface area is 185 Å². The van der Waals surface area contributed by atoms with Crippen LogP contribution in [0, 0.1) is 6.92 Å². The molecule has 7 nitrogen and oxygen atoms in total. The number of aryl methyl sites for hydroxylation is 1. The minimum Gasteiger partial charge on any atom is -0.467 e. The molecule has 0 saturated heterocycles. The van der Waals surface area contributed by atoms with E-state index in [1.807, 2.05) is 41.8 Å². The van der Waals surface area contributed by atoms with Crippen LogP contribution in [0.3, 0.4) is 0 Å². The first-order chi connectivity index (χ1) is 14.7. The minimum absolute atomic E-state index is 0.156. The second kappa shape index (κ2) is 9.91. The van der Waals surface area contributed by atoms with Crippen LogP contribution < -0.4 is 4.74 Å². The summed E-state index contributed by atoms with van der Waals surface area (Å²) < 4.78 is 18.6. The molecule has 8 heteroatoms. The number of ether oxygens (including phenoxy) is 3. The third kappa shape index (κ3) is 5.51. The molecule has 1 unspecified atom stereocenters. The van der Waals surface area contributed by atoms with Gasteiger partial charge in [-0.25, -0.2) is 0 Å². The molecule has 0 radical (unpaired) electrons. The molecule has 1 aromatic carbocycles. The Hall–Kier alpha value is -2.26. The number of para-hydroxylation sites is 1. The van der Waals surface area contributed by atoms with E-state index in [-0.39, 0.29) is 6.79 Å². The molecule has 2 heterocycles. The van der Waals surface area contributed by atoms with Gasteiger partial charge in [-0.2, -0.15) is 0 Å². The quantitative estimate of drug-likeness (QED) is 0.277. The predicted octanol–water partition coefficient (Wildman–Crippen LogP) is 4.76. The average Bonchev–Trinajstić information content (AvgIpc) is 3.00. The van der Waals surface area contributed by atoms with E-state index in [4.69, 9.17) is 14.2 Å². The van der Waals surface area contributed by atoms with Crippen LogP contribution in [0.15, 0.2) is 30.3 Å². The number of aliphatic hydroxyl groups excluding tert-OH is 1. The summed E-state index contributed by atoms with van der Waals surface area (Å²) >= 11 is 0. The number of aliphatic hydroxyl groups is 1. The molecule has 0 fully saturated rings. The van der Waals surface area contributed by atoms with Gasteiger partial charge < -0.3 is 23.9 Å². The number of nitrogens with zero attached hydrogens (tertiary/aromatic N) is 3. The van der Waals surface area contributed by atoms with E-state index in [1.54, 1.807) is 14.0 Å². The first-order valence-corrected chi connectivity index (χ1v) is 14.3. The third-order valence-corrected chi connectivity index (χ3v) is 6.92. The fraction of sp³-hybridized carbons (Fsp3) is 0.478. The van der Waals surface area contributed by atoms with Crippen molar-refractivity contribution in [1.82, 2.24) is 14.8 Å². The van der Waals surface area contributed by atoms with E-state index in [2.05, 4.69) is 29.8 Å². The van der Waals surface area contributed by atoms with Gasteiger partial charge in [-0.1, -0.05) is 31.8 Å². The first kappa shape index (κ1) is 23.4. The molecule has 0 aliphatic rings. The van der Waals surface area contributed by atoms with Gasteiger partial charge in [0.25, 0.3) is 0 Å². The zero-order chi connectivity index (χ0) is 22.6. The summed E-state index contributed by atoms with van der Waals surface area (Å²) in [5, 5.41) is 20.4. The highest BCUT2D eigenvalue weighted by molar-refractivity contribution is 6.76. The Balaban J connectivity index is 1.98. The Kier molecular flexibility index (Phi) is 7.48. The van der Waals surface area contributed by atoms with Gasteiger partial charge in [-0.3, -0.25) is 0 Å². The fourth-order valence-electron chi connectivity index (χ4n) is 3.58. The van der Waals surface area contributed by atoms with E-state index in [0.29, 0.717) is 30.4 Å². The standard InChI is InChI=1S/C23H33N3O4Si/c1-16-19-13-20(18-9-7-8-10-21(18)30-15-28-3)24-25-23(19)26(22(16)17(2)27)14-29-11-12-31(4,5)6/h7-10,13,17,27H,11-12,14-15H2,1-6H3. The number of hydrogen-bond donors (Lipinski definition) is 1. The van der Waals surface area contributed by atoms with Crippen molar-refractivity contribution >= 4 is 19.1 Å². The molecule has 0 aliphatic carbocycles. The van der Waals surface area contributed by atoms with Crippen LogP contribution in [0.2, 0.25) is 25.7 Å². The number of benzene rings is 1. The molecular weight excluding hydrogens is 410 g/mol. The molecule has 31 heavy (non-hydrogen) atoms. The zero-order valence-corrected chi connectivity index (χ0v) is 20.3. The molecular formula is C23H33N3O4Si. The Bertz CT molecular complexity index is 1030. The van der Waals surface area contributed by atoms with Crippen molar-refractivity contribution in [2.24, 2.45) is 0 Å². The average molecular weight is 444 g/mol. The number of aromatic nitrogens is 3.